The zero-order valence-electron chi connectivity index (χ0n) is 12.0. The Bertz CT molecular complexity index is 789. The molecule has 0 bridgehead atoms. The van der Waals surface area contributed by atoms with Gasteiger partial charge in [0, 0.05) is 11.6 Å². The first kappa shape index (κ1) is 17.6. The van der Waals surface area contributed by atoms with Crippen LogP contribution in [0.3, 0.4) is 0 Å². The molecule has 0 saturated carbocycles. The van der Waals surface area contributed by atoms with Crippen LogP contribution < -0.4 is 4.31 Å². The van der Waals surface area contributed by atoms with Crippen molar-refractivity contribution in [3.05, 3.63) is 59.1 Å². The summed E-state index contributed by atoms with van der Waals surface area (Å²) in [6, 6.07) is 9.67. The summed E-state index contributed by atoms with van der Waals surface area (Å²) in [5.74, 6) is 0. The lowest BCUT2D eigenvalue weighted by Gasteiger charge is -2.23. The van der Waals surface area contributed by atoms with Gasteiger partial charge in [-0.2, -0.15) is 13.2 Å². The Morgan fingerprint density at radius 3 is 2.22 bits per heavy atom. The number of anilines is 1. The van der Waals surface area contributed by atoms with Crippen LogP contribution in [0, 0.1) is 0 Å². The van der Waals surface area contributed by atoms with Gasteiger partial charge in [-0.15, -0.1) is 0 Å². The first-order chi connectivity index (χ1) is 10.7. The fraction of sp³-hybridized carbons (Fsp3) is 0.200. The molecule has 3 nitrogen and oxygen atoms in total. The predicted molar refractivity (Wildman–Crippen MR) is 83.1 cm³/mol. The highest BCUT2D eigenvalue weighted by Gasteiger charge is 2.32. The SMILES string of the molecule is CCN(c1cccc(C(F)(F)F)c1)S(=O)(=O)c1ccc(Cl)cc1. The lowest BCUT2D eigenvalue weighted by molar-refractivity contribution is -0.137. The summed E-state index contributed by atoms with van der Waals surface area (Å²) >= 11 is 5.73. The highest BCUT2D eigenvalue weighted by Crippen LogP contribution is 2.33. The van der Waals surface area contributed by atoms with Gasteiger partial charge in [-0.05, 0) is 49.4 Å². The second-order valence-electron chi connectivity index (χ2n) is 4.67. The molecule has 0 atom stereocenters. The summed E-state index contributed by atoms with van der Waals surface area (Å²) in [6.45, 7) is 1.54. The number of hydrogen-bond acceptors (Lipinski definition) is 2. The fourth-order valence-electron chi connectivity index (χ4n) is 2.06. The summed E-state index contributed by atoms with van der Waals surface area (Å²) in [6.07, 6.45) is -4.54. The van der Waals surface area contributed by atoms with Crippen LogP contribution in [-0.4, -0.2) is 15.0 Å². The van der Waals surface area contributed by atoms with Gasteiger partial charge in [0.05, 0.1) is 16.1 Å². The van der Waals surface area contributed by atoms with Crippen molar-refractivity contribution in [2.24, 2.45) is 0 Å². The van der Waals surface area contributed by atoms with Crippen LogP contribution in [0.15, 0.2) is 53.4 Å². The van der Waals surface area contributed by atoms with E-state index in [1.807, 2.05) is 0 Å². The molecule has 23 heavy (non-hydrogen) atoms. The quantitative estimate of drug-likeness (QED) is 0.797. The van der Waals surface area contributed by atoms with Crippen molar-refractivity contribution < 1.29 is 21.6 Å². The summed E-state index contributed by atoms with van der Waals surface area (Å²) < 4.78 is 64.6. The second-order valence-corrected chi connectivity index (χ2v) is 6.97. The number of nitrogens with zero attached hydrogens (tertiary/aromatic N) is 1. The maximum atomic E-state index is 12.8. The van der Waals surface area contributed by atoms with Crippen LogP contribution in [-0.2, 0) is 16.2 Å². The van der Waals surface area contributed by atoms with E-state index < -0.39 is 21.8 Å². The number of rotatable bonds is 4. The molecule has 2 rings (SSSR count). The van der Waals surface area contributed by atoms with E-state index in [2.05, 4.69) is 0 Å². The first-order valence-corrected chi connectivity index (χ1v) is 8.43. The van der Waals surface area contributed by atoms with E-state index in [4.69, 9.17) is 11.6 Å². The average Bonchev–Trinajstić information content (AvgIpc) is 2.47. The number of halogens is 4. The molecule has 0 amide bonds. The fourth-order valence-corrected chi connectivity index (χ4v) is 3.65. The zero-order valence-corrected chi connectivity index (χ0v) is 13.6. The summed E-state index contributed by atoms with van der Waals surface area (Å²) in [5.41, 5.74) is -0.947. The first-order valence-electron chi connectivity index (χ1n) is 6.62. The summed E-state index contributed by atoms with van der Waals surface area (Å²) in [7, 11) is -3.98. The van der Waals surface area contributed by atoms with E-state index in [9.17, 15) is 21.6 Å². The molecule has 0 radical (unpaired) electrons. The Balaban J connectivity index is 2.49. The molecule has 0 aliphatic rings. The van der Waals surface area contributed by atoms with Gasteiger partial charge >= 0.3 is 6.18 Å². The van der Waals surface area contributed by atoms with Gasteiger partial charge in [0.2, 0.25) is 0 Å². The number of hydrogen-bond donors (Lipinski definition) is 0. The average molecular weight is 364 g/mol. The van der Waals surface area contributed by atoms with E-state index >= 15 is 0 Å². The highest BCUT2D eigenvalue weighted by molar-refractivity contribution is 7.92. The van der Waals surface area contributed by atoms with Gasteiger partial charge in [0.25, 0.3) is 10.0 Å². The lowest BCUT2D eigenvalue weighted by Crippen LogP contribution is -2.31. The van der Waals surface area contributed by atoms with E-state index in [1.165, 1.54) is 36.4 Å². The van der Waals surface area contributed by atoms with Crippen LogP contribution in [0.1, 0.15) is 12.5 Å². The minimum absolute atomic E-state index is 0.00767. The van der Waals surface area contributed by atoms with Crippen molar-refractivity contribution in [2.75, 3.05) is 10.8 Å². The molecule has 124 valence electrons. The Hall–Kier alpha value is -1.73. The lowest BCUT2D eigenvalue weighted by atomic mass is 10.2. The zero-order chi connectivity index (χ0) is 17.3. The molecule has 0 aromatic heterocycles. The molecular weight excluding hydrogens is 351 g/mol. The number of sulfonamides is 1. The molecule has 0 spiro atoms. The van der Waals surface area contributed by atoms with Gasteiger partial charge in [0.1, 0.15) is 0 Å². The minimum Gasteiger partial charge on any atom is -0.267 e. The van der Waals surface area contributed by atoms with Crippen LogP contribution >= 0.6 is 11.6 Å². The summed E-state index contributed by atoms with van der Waals surface area (Å²) in [5, 5.41) is 0.367. The third-order valence-electron chi connectivity index (χ3n) is 3.15. The van der Waals surface area contributed by atoms with Crippen molar-refractivity contribution in [1.29, 1.82) is 0 Å². The molecule has 0 saturated heterocycles. The Morgan fingerprint density at radius 1 is 1.09 bits per heavy atom. The van der Waals surface area contributed by atoms with Crippen molar-refractivity contribution in [3.63, 3.8) is 0 Å². The van der Waals surface area contributed by atoms with Crippen molar-refractivity contribution in [1.82, 2.24) is 0 Å². The molecule has 2 aromatic carbocycles. The highest BCUT2D eigenvalue weighted by atomic mass is 35.5. The van der Waals surface area contributed by atoms with Crippen LogP contribution in [0.25, 0.3) is 0 Å². The van der Waals surface area contributed by atoms with Gasteiger partial charge in [0.15, 0.2) is 0 Å². The van der Waals surface area contributed by atoms with E-state index in [1.54, 1.807) is 6.92 Å². The third kappa shape index (κ3) is 3.79. The van der Waals surface area contributed by atoms with Gasteiger partial charge in [-0.3, -0.25) is 4.31 Å². The van der Waals surface area contributed by atoms with E-state index in [0.29, 0.717) is 5.02 Å². The van der Waals surface area contributed by atoms with Crippen LogP contribution in [0.5, 0.6) is 0 Å². The largest absolute Gasteiger partial charge is 0.416 e. The monoisotopic (exact) mass is 363 g/mol. The number of benzene rings is 2. The second kappa shape index (κ2) is 6.41. The molecule has 8 heteroatoms. The molecule has 2 aromatic rings. The summed E-state index contributed by atoms with van der Waals surface area (Å²) in [4.78, 5) is -0.0406. The normalized spacial score (nSPS) is 12.2. The van der Waals surface area contributed by atoms with Gasteiger partial charge in [-0.1, -0.05) is 17.7 Å². The Morgan fingerprint density at radius 2 is 1.70 bits per heavy atom. The molecule has 0 N–H and O–H groups in total. The Labute approximate surface area is 137 Å². The van der Waals surface area contributed by atoms with Gasteiger partial charge in [-0.25, -0.2) is 8.42 Å². The predicted octanol–water partition coefficient (Wildman–Crippen LogP) is 4.57. The maximum Gasteiger partial charge on any atom is 0.416 e. The maximum absolute atomic E-state index is 12.8. The smallest absolute Gasteiger partial charge is 0.267 e. The molecular formula is C15H13ClF3NO2S. The van der Waals surface area contributed by atoms with E-state index in [-0.39, 0.29) is 17.1 Å². The van der Waals surface area contributed by atoms with Crippen molar-refractivity contribution in [2.45, 2.75) is 18.0 Å². The topological polar surface area (TPSA) is 37.4 Å². The van der Waals surface area contributed by atoms with E-state index in [0.717, 1.165) is 16.4 Å². The molecule has 0 aliphatic heterocycles. The van der Waals surface area contributed by atoms with Crippen molar-refractivity contribution >= 4 is 27.3 Å². The molecule has 0 unspecified atom stereocenters. The molecule has 0 aliphatic carbocycles. The minimum atomic E-state index is -4.54. The number of alkyl halides is 3. The van der Waals surface area contributed by atoms with Crippen LogP contribution in [0.2, 0.25) is 5.02 Å². The third-order valence-corrected chi connectivity index (χ3v) is 5.32. The Kier molecular flexibility index (Phi) is 4.91. The molecule has 0 heterocycles. The molecule has 0 fully saturated rings. The van der Waals surface area contributed by atoms with Crippen molar-refractivity contribution in [3.8, 4) is 0 Å². The van der Waals surface area contributed by atoms with Gasteiger partial charge < -0.3 is 0 Å². The standard InChI is InChI=1S/C15H13ClF3NO2S/c1-2-20(13-5-3-4-11(10-13)15(17,18)19)23(21,22)14-8-6-12(16)7-9-14/h3-10H,2H2,1H3. The van der Waals surface area contributed by atoms with Crippen LogP contribution in [0.4, 0.5) is 18.9 Å².